The molecule has 1 aliphatic rings. The Hall–Kier alpha value is -3.67. The Morgan fingerprint density at radius 1 is 1.17 bits per heavy atom. The topological polar surface area (TPSA) is 77.2 Å². The number of hydrogen-bond acceptors (Lipinski definition) is 5. The van der Waals surface area contributed by atoms with E-state index in [1.807, 2.05) is 36.4 Å². The Morgan fingerprint density at radius 3 is 3.07 bits per heavy atom. The Kier molecular flexibility index (Phi) is 4.44. The van der Waals surface area contributed by atoms with Crippen molar-refractivity contribution in [3.63, 3.8) is 0 Å². The predicted molar refractivity (Wildman–Crippen MR) is 108 cm³/mol. The first-order valence-corrected chi connectivity index (χ1v) is 9.58. The maximum absolute atomic E-state index is 12.6. The van der Waals surface area contributed by atoms with E-state index in [4.69, 9.17) is 9.26 Å². The van der Waals surface area contributed by atoms with Crippen LogP contribution < -0.4 is 10.1 Å². The molecule has 0 saturated heterocycles. The second kappa shape index (κ2) is 7.39. The first-order chi connectivity index (χ1) is 14.3. The molecule has 0 radical (unpaired) electrons. The van der Waals surface area contributed by atoms with E-state index in [2.05, 4.69) is 27.6 Å². The normalized spacial score (nSPS) is 15.2. The Morgan fingerprint density at radius 2 is 2.10 bits per heavy atom. The summed E-state index contributed by atoms with van der Waals surface area (Å²) in [5.41, 5.74) is 2.73. The number of fused-ring (bicyclic) bond motifs is 2. The van der Waals surface area contributed by atoms with E-state index in [0.717, 1.165) is 29.4 Å². The summed E-state index contributed by atoms with van der Waals surface area (Å²) in [4.78, 5) is 16.7. The molecule has 6 nitrogen and oxygen atoms in total. The number of benzene rings is 2. The van der Waals surface area contributed by atoms with Crippen molar-refractivity contribution < 1.29 is 14.1 Å². The molecular weight excluding hydrogens is 366 g/mol. The van der Waals surface area contributed by atoms with Crippen molar-refractivity contribution in [2.24, 2.45) is 0 Å². The van der Waals surface area contributed by atoms with Crippen LogP contribution in [-0.4, -0.2) is 16.0 Å². The zero-order valence-electron chi connectivity index (χ0n) is 15.7. The number of nitrogens with one attached hydrogen (secondary N) is 1. The number of amides is 1. The molecule has 5 rings (SSSR count). The van der Waals surface area contributed by atoms with E-state index in [9.17, 15) is 4.79 Å². The van der Waals surface area contributed by atoms with Gasteiger partial charge in [-0.1, -0.05) is 41.6 Å². The largest absolute Gasteiger partial charge is 0.485 e. The van der Waals surface area contributed by atoms with Crippen molar-refractivity contribution in [2.75, 3.05) is 0 Å². The quantitative estimate of drug-likeness (QED) is 0.557. The van der Waals surface area contributed by atoms with Gasteiger partial charge >= 0.3 is 0 Å². The van der Waals surface area contributed by atoms with E-state index < -0.39 is 0 Å². The first-order valence-electron chi connectivity index (χ1n) is 9.58. The Bertz CT molecular complexity index is 1180. The molecule has 0 unspecified atom stereocenters. The standard InChI is InChI=1S/C23H19N3O3/c27-23(25-20-9-8-15-4-1-2-6-18(15)20)21-12-17(29-26-21)14-28-22-7-3-5-16-13-24-11-10-19(16)22/h1-7,10-13,20H,8-9,14H2,(H,25,27)/t20-/m0/s1. The highest BCUT2D eigenvalue weighted by Gasteiger charge is 2.25. The lowest BCUT2D eigenvalue weighted by Gasteiger charge is -2.12. The monoisotopic (exact) mass is 385 g/mol. The van der Waals surface area contributed by atoms with E-state index in [0.29, 0.717) is 5.76 Å². The average molecular weight is 385 g/mol. The van der Waals surface area contributed by atoms with Gasteiger partial charge in [0.1, 0.15) is 12.4 Å². The number of aromatic nitrogens is 2. The number of aryl methyl sites for hydroxylation is 1. The van der Waals surface area contributed by atoms with Gasteiger partial charge in [0.05, 0.1) is 6.04 Å². The minimum atomic E-state index is -0.238. The molecule has 2 aromatic heterocycles. The number of carbonyl (C=O) groups is 1. The minimum absolute atomic E-state index is 0.0133. The summed E-state index contributed by atoms with van der Waals surface area (Å²) in [6.07, 6.45) is 5.39. The van der Waals surface area contributed by atoms with Gasteiger partial charge in [-0.25, -0.2) is 0 Å². The molecule has 144 valence electrons. The number of carbonyl (C=O) groups excluding carboxylic acids is 1. The van der Waals surface area contributed by atoms with Crippen molar-refractivity contribution in [3.05, 3.63) is 89.6 Å². The van der Waals surface area contributed by atoms with Crippen LogP contribution in [-0.2, 0) is 13.0 Å². The summed E-state index contributed by atoms with van der Waals surface area (Å²) in [6, 6.07) is 17.5. The fourth-order valence-electron chi connectivity index (χ4n) is 3.79. The molecule has 0 fully saturated rings. The summed E-state index contributed by atoms with van der Waals surface area (Å²) in [5.74, 6) is 0.987. The SMILES string of the molecule is O=C(N[C@H]1CCc2ccccc21)c1cc(COc2cccc3cnccc23)on1. The van der Waals surface area contributed by atoms with E-state index in [-0.39, 0.29) is 24.2 Å². The van der Waals surface area contributed by atoms with Gasteiger partial charge < -0.3 is 14.6 Å². The number of pyridine rings is 1. The van der Waals surface area contributed by atoms with Crippen molar-refractivity contribution >= 4 is 16.7 Å². The molecule has 0 bridgehead atoms. The third kappa shape index (κ3) is 3.45. The number of nitrogens with zero attached hydrogens (tertiary/aromatic N) is 2. The summed E-state index contributed by atoms with van der Waals surface area (Å²) in [5, 5.41) is 8.94. The summed E-state index contributed by atoms with van der Waals surface area (Å²) in [6.45, 7) is 0.188. The fourth-order valence-corrected chi connectivity index (χ4v) is 3.79. The van der Waals surface area contributed by atoms with Crippen LogP contribution in [0.1, 0.15) is 39.8 Å². The third-order valence-corrected chi connectivity index (χ3v) is 5.24. The van der Waals surface area contributed by atoms with Gasteiger partial charge in [-0.05, 0) is 36.1 Å². The average Bonchev–Trinajstić information content (AvgIpc) is 3.40. The van der Waals surface area contributed by atoms with Crippen molar-refractivity contribution in [2.45, 2.75) is 25.5 Å². The lowest BCUT2D eigenvalue weighted by Crippen LogP contribution is -2.27. The Labute approximate surface area is 167 Å². The smallest absolute Gasteiger partial charge is 0.273 e. The molecule has 1 aliphatic carbocycles. The maximum atomic E-state index is 12.6. The zero-order chi connectivity index (χ0) is 19.6. The predicted octanol–water partition coefficient (Wildman–Crippen LogP) is 4.22. The van der Waals surface area contributed by atoms with Crippen LogP contribution >= 0.6 is 0 Å². The van der Waals surface area contributed by atoms with Crippen molar-refractivity contribution in [3.8, 4) is 5.75 Å². The molecule has 2 heterocycles. The minimum Gasteiger partial charge on any atom is -0.485 e. The molecule has 0 aliphatic heterocycles. The number of rotatable bonds is 5. The molecule has 1 atom stereocenters. The van der Waals surface area contributed by atoms with Crippen LogP contribution in [0.25, 0.3) is 10.8 Å². The first kappa shape index (κ1) is 17.4. The van der Waals surface area contributed by atoms with Gasteiger partial charge in [-0.15, -0.1) is 0 Å². The molecule has 29 heavy (non-hydrogen) atoms. The second-order valence-electron chi connectivity index (χ2n) is 7.08. The van der Waals surface area contributed by atoms with Crippen molar-refractivity contribution in [1.82, 2.24) is 15.5 Å². The van der Waals surface area contributed by atoms with Gasteiger partial charge in [-0.2, -0.15) is 0 Å². The van der Waals surface area contributed by atoms with E-state index in [1.54, 1.807) is 18.5 Å². The highest BCUT2D eigenvalue weighted by atomic mass is 16.5. The highest BCUT2D eigenvalue weighted by molar-refractivity contribution is 5.92. The van der Waals surface area contributed by atoms with Crippen LogP contribution in [0.5, 0.6) is 5.75 Å². The van der Waals surface area contributed by atoms with Crippen LogP contribution in [0.15, 0.2) is 71.5 Å². The molecule has 0 saturated carbocycles. The van der Waals surface area contributed by atoms with E-state index >= 15 is 0 Å². The molecule has 4 aromatic rings. The van der Waals surface area contributed by atoms with Crippen LogP contribution in [0.3, 0.4) is 0 Å². The summed E-state index contributed by atoms with van der Waals surface area (Å²) in [7, 11) is 0. The highest BCUT2D eigenvalue weighted by Crippen LogP contribution is 2.31. The second-order valence-corrected chi connectivity index (χ2v) is 7.08. The Balaban J connectivity index is 1.25. The van der Waals surface area contributed by atoms with Crippen LogP contribution in [0.2, 0.25) is 0 Å². The zero-order valence-corrected chi connectivity index (χ0v) is 15.7. The lowest BCUT2D eigenvalue weighted by atomic mass is 10.1. The summed E-state index contributed by atoms with van der Waals surface area (Å²) >= 11 is 0. The van der Waals surface area contributed by atoms with Gasteiger partial charge in [0.2, 0.25) is 0 Å². The molecular formula is C23H19N3O3. The molecule has 2 aromatic carbocycles. The number of ether oxygens (including phenoxy) is 1. The van der Waals surface area contributed by atoms with Gasteiger partial charge in [0.15, 0.2) is 11.5 Å². The molecule has 1 amide bonds. The third-order valence-electron chi connectivity index (χ3n) is 5.24. The lowest BCUT2D eigenvalue weighted by molar-refractivity contribution is 0.0927. The van der Waals surface area contributed by atoms with E-state index in [1.165, 1.54) is 11.1 Å². The molecule has 6 heteroatoms. The maximum Gasteiger partial charge on any atom is 0.273 e. The van der Waals surface area contributed by atoms with Gasteiger partial charge in [0.25, 0.3) is 5.91 Å². The van der Waals surface area contributed by atoms with Crippen molar-refractivity contribution in [1.29, 1.82) is 0 Å². The van der Waals surface area contributed by atoms with Crippen LogP contribution in [0.4, 0.5) is 0 Å². The number of hydrogen-bond donors (Lipinski definition) is 1. The van der Waals surface area contributed by atoms with Crippen LogP contribution in [0, 0.1) is 0 Å². The summed E-state index contributed by atoms with van der Waals surface area (Å²) < 4.78 is 11.2. The van der Waals surface area contributed by atoms with Gasteiger partial charge in [-0.3, -0.25) is 9.78 Å². The fraction of sp³-hybridized carbons (Fsp3) is 0.174. The molecule has 0 spiro atoms. The van der Waals surface area contributed by atoms with Gasteiger partial charge in [0, 0.05) is 29.2 Å². The molecule has 1 N–H and O–H groups in total.